The van der Waals surface area contributed by atoms with Crippen molar-refractivity contribution in [1.82, 2.24) is 15.2 Å². The van der Waals surface area contributed by atoms with Gasteiger partial charge in [0.2, 0.25) is 0 Å². The molecule has 0 aliphatic carbocycles. The summed E-state index contributed by atoms with van der Waals surface area (Å²) in [6, 6.07) is 19.4. The van der Waals surface area contributed by atoms with Crippen molar-refractivity contribution in [2.45, 2.75) is 26.2 Å². The summed E-state index contributed by atoms with van der Waals surface area (Å²) in [4.78, 5) is 34.0. The van der Waals surface area contributed by atoms with E-state index in [0.717, 1.165) is 62.4 Å². The number of hydrogen-bond acceptors (Lipinski definition) is 5. The number of hydrogen-bond donors (Lipinski definition) is 3. The van der Waals surface area contributed by atoms with E-state index in [1.165, 1.54) is 0 Å². The normalized spacial score (nSPS) is 16.6. The van der Waals surface area contributed by atoms with Gasteiger partial charge in [0, 0.05) is 38.9 Å². The van der Waals surface area contributed by atoms with Gasteiger partial charge in [-0.2, -0.15) is 0 Å². The SMILES string of the molecule is CCNC(=O)N1CCC2(CCN(c3ccc(C(=O)Nc4cc(-c5ccccc5)ccc4N)cn3)CC2)C1. The molecule has 1 aromatic heterocycles. The first-order chi connectivity index (χ1) is 18.0. The summed E-state index contributed by atoms with van der Waals surface area (Å²) in [5.41, 5.74) is 9.96. The smallest absolute Gasteiger partial charge is 0.317 e. The highest BCUT2D eigenvalue weighted by Gasteiger charge is 2.42. The molecule has 0 radical (unpaired) electrons. The standard InChI is InChI=1S/C29H34N6O2/c1-2-31-28(37)35-17-14-29(20-35)12-15-34(16-13-29)26-11-9-23(19-32-26)27(36)33-25-18-22(8-10-24(25)30)21-6-4-3-5-7-21/h3-11,18-19H,2,12-17,20,30H2,1H3,(H,31,37)(H,33,36). The van der Waals surface area contributed by atoms with E-state index < -0.39 is 0 Å². The van der Waals surface area contributed by atoms with Crippen LogP contribution in [-0.2, 0) is 0 Å². The minimum atomic E-state index is -0.245. The van der Waals surface area contributed by atoms with Crippen LogP contribution in [0.1, 0.15) is 36.5 Å². The highest BCUT2D eigenvalue weighted by Crippen LogP contribution is 2.41. The Morgan fingerprint density at radius 3 is 2.43 bits per heavy atom. The third-order valence-corrected chi connectivity index (χ3v) is 7.62. The van der Waals surface area contributed by atoms with Crippen LogP contribution in [0, 0.1) is 5.41 Å². The number of aromatic nitrogens is 1. The van der Waals surface area contributed by atoms with Crippen LogP contribution in [0.15, 0.2) is 66.9 Å². The average molecular weight is 499 g/mol. The van der Waals surface area contributed by atoms with Crippen molar-refractivity contribution in [3.05, 3.63) is 72.4 Å². The summed E-state index contributed by atoms with van der Waals surface area (Å²) in [6.45, 7) is 6.04. The maximum absolute atomic E-state index is 12.9. The second-order valence-electron chi connectivity index (χ2n) is 10.0. The number of nitrogen functional groups attached to an aromatic ring is 1. The second-order valence-corrected chi connectivity index (χ2v) is 10.0. The Morgan fingerprint density at radius 2 is 1.73 bits per heavy atom. The Morgan fingerprint density at radius 1 is 0.973 bits per heavy atom. The zero-order valence-electron chi connectivity index (χ0n) is 21.2. The van der Waals surface area contributed by atoms with Crippen molar-refractivity contribution in [3.8, 4) is 11.1 Å². The fourth-order valence-electron chi connectivity index (χ4n) is 5.37. The molecule has 3 heterocycles. The molecule has 0 bridgehead atoms. The molecule has 2 fully saturated rings. The van der Waals surface area contributed by atoms with Gasteiger partial charge < -0.3 is 26.2 Å². The van der Waals surface area contributed by atoms with Crippen LogP contribution in [0.3, 0.4) is 0 Å². The number of pyridine rings is 1. The lowest BCUT2D eigenvalue weighted by molar-refractivity contribution is 0.102. The maximum atomic E-state index is 12.9. The van der Waals surface area contributed by atoms with Crippen molar-refractivity contribution in [2.24, 2.45) is 5.41 Å². The minimum Gasteiger partial charge on any atom is -0.397 e. The number of amides is 3. The molecule has 5 rings (SSSR count). The molecular weight excluding hydrogens is 464 g/mol. The van der Waals surface area contributed by atoms with Crippen molar-refractivity contribution >= 4 is 29.1 Å². The molecule has 3 amide bonds. The van der Waals surface area contributed by atoms with Crippen LogP contribution in [0.4, 0.5) is 22.0 Å². The molecule has 0 saturated carbocycles. The average Bonchev–Trinajstić information content (AvgIpc) is 3.34. The number of anilines is 3. The molecule has 8 heteroatoms. The van der Waals surface area contributed by atoms with Gasteiger partial charge in [-0.3, -0.25) is 4.79 Å². The summed E-state index contributed by atoms with van der Waals surface area (Å²) in [5, 5.41) is 5.85. The van der Waals surface area contributed by atoms with Crippen LogP contribution < -0.4 is 21.3 Å². The zero-order chi connectivity index (χ0) is 25.8. The number of rotatable bonds is 5. The summed E-state index contributed by atoms with van der Waals surface area (Å²) in [6.07, 6.45) is 4.74. The number of piperidine rings is 1. The fourth-order valence-corrected chi connectivity index (χ4v) is 5.37. The molecule has 192 valence electrons. The largest absolute Gasteiger partial charge is 0.397 e. The summed E-state index contributed by atoms with van der Waals surface area (Å²) >= 11 is 0. The summed E-state index contributed by atoms with van der Waals surface area (Å²) in [5.74, 6) is 0.625. The third-order valence-electron chi connectivity index (χ3n) is 7.62. The predicted molar refractivity (Wildman–Crippen MR) is 148 cm³/mol. The van der Waals surface area contributed by atoms with Crippen molar-refractivity contribution in [2.75, 3.05) is 48.7 Å². The number of carbonyl (C=O) groups is 2. The topological polar surface area (TPSA) is 104 Å². The molecular formula is C29H34N6O2. The molecule has 2 aliphatic heterocycles. The van der Waals surface area contributed by atoms with Gasteiger partial charge in [0.05, 0.1) is 16.9 Å². The first kappa shape index (κ1) is 24.6. The third kappa shape index (κ3) is 5.38. The van der Waals surface area contributed by atoms with Crippen molar-refractivity contribution in [3.63, 3.8) is 0 Å². The number of nitrogens with two attached hydrogens (primary N) is 1. The lowest BCUT2D eigenvalue weighted by Crippen LogP contribution is -2.44. The quantitative estimate of drug-likeness (QED) is 0.446. The Bertz CT molecular complexity index is 1250. The molecule has 3 aromatic rings. The van der Waals surface area contributed by atoms with E-state index >= 15 is 0 Å². The van der Waals surface area contributed by atoms with Gasteiger partial charge in [-0.05, 0) is 67.0 Å². The molecule has 2 aliphatic rings. The Hall–Kier alpha value is -4.07. The van der Waals surface area contributed by atoms with Crippen LogP contribution in [-0.4, -0.2) is 54.5 Å². The van der Waals surface area contributed by atoms with Crippen LogP contribution in [0.2, 0.25) is 0 Å². The van der Waals surface area contributed by atoms with Gasteiger partial charge in [-0.25, -0.2) is 9.78 Å². The van der Waals surface area contributed by atoms with E-state index in [0.29, 0.717) is 23.5 Å². The lowest BCUT2D eigenvalue weighted by Gasteiger charge is -2.39. The lowest BCUT2D eigenvalue weighted by atomic mass is 9.78. The van der Waals surface area contributed by atoms with Crippen LogP contribution >= 0.6 is 0 Å². The molecule has 8 nitrogen and oxygen atoms in total. The number of nitrogens with one attached hydrogen (secondary N) is 2. The Kier molecular flexibility index (Phi) is 6.99. The monoisotopic (exact) mass is 498 g/mol. The molecule has 1 spiro atoms. The predicted octanol–water partition coefficient (Wildman–Crippen LogP) is 4.60. The highest BCUT2D eigenvalue weighted by molar-refractivity contribution is 6.06. The minimum absolute atomic E-state index is 0.0471. The summed E-state index contributed by atoms with van der Waals surface area (Å²) in [7, 11) is 0. The van der Waals surface area contributed by atoms with Gasteiger partial charge in [-0.1, -0.05) is 36.4 Å². The maximum Gasteiger partial charge on any atom is 0.317 e. The second kappa shape index (κ2) is 10.5. The number of carbonyl (C=O) groups excluding carboxylic acids is 2. The molecule has 2 aromatic carbocycles. The van der Waals surface area contributed by atoms with E-state index in [9.17, 15) is 9.59 Å². The van der Waals surface area contributed by atoms with Gasteiger partial charge >= 0.3 is 6.03 Å². The first-order valence-electron chi connectivity index (χ1n) is 13.0. The number of likely N-dealkylation sites (tertiary alicyclic amines) is 1. The Labute approximate surface area is 217 Å². The van der Waals surface area contributed by atoms with E-state index in [1.807, 2.05) is 72.5 Å². The summed E-state index contributed by atoms with van der Waals surface area (Å²) < 4.78 is 0. The number of nitrogens with zero attached hydrogens (tertiary/aromatic N) is 3. The first-order valence-corrected chi connectivity index (χ1v) is 13.0. The van der Waals surface area contributed by atoms with E-state index in [1.54, 1.807) is 6.20 Å². The highest BCUT2D eigenvalue weighted by atomic mass is 16.2. The van der Waals surface area contributed by atoms with Crippen molar-refractivity contribution < 1.29 is 9.59 Å². The molecule has 37 heavy (non-hydrogen) atoms. The molecule has 0 atom stereocenters. The zero-order valence-corrected chi connectivity index (χ0v) is 21.2. The molecule has 2 saturated heterocycles. The van der Waals surface area contributed by atoms with Crippen LogP contribution in [0.25, 0.3) is 11.1 Å². The van der Waals surface area contributed by atoms with E-state index in [-0.39, 0.29) is 17.4 Å². The molecule has 0 unspecified atom stereocenters. The fraction of sp³-hybridized carbons (Fsp3) is 0.345. The van der Waals surface area contributed by atoms with Gasteiger partial charge in [-0.15, -0.1) is 0 Å². The Balaban J connectivity index is 1.19. The van der Waals surface area contributed by atoms with Crippen LogP contribution in [0.5, 0.6) is 0 Å². The van der Waals surface area contributed by atoms with Crippen molar-refractivity contribution in [1.29, 1.82) is 0 Å². The van der Waals surface area contributed by atoms with Gasteiger partial charge in [0.15, 0.2) is 0 Å². The van der Waals surface area contributed by atoms with Gasteiger partial charge in [0.1, 0.15) is 5.82 Å². The number of benzene rings is 2. The van der Waals surface area contributed by atoms with E-state index in [4.69, 9.17) is 5.73 Å². The molecule has 4 N–H and O–H groups in total. The van der Waals surface area contributed by atoms with E-state index in [2.05, 4.69) is 20.5 Å². The van der Waals surface area contributed by atoms with Gasteiger partial charge in [0.25, 0.3) is 5.91 Å². The number of urea groups is 1.